The summed E-state index contributed by atoms with van der Waals surface area (Å²) >= 11 is 1.50. The van der Waals surface area contributed by atoms with Gasteiger partial charge in [-0.05, 0) is 49.5 Å². The van der Waals surface area contributed by atoms with Crippen LogP contribution in [-0.2, 0) is 19.2 Å². The van der Waals surface area contributed by atoms with E-state index in [4.69, 9.17) is 5.73 Å². The molecule has 5 N–H and O–H groups in total. The first-order valence-corrected chi connectivity index (χ1v) is 12.8. The number of hydrogen-bond donors (Lipinski definition) is 4. The highest BCUT2D eigenvalue weighted by Crippen LogP contribution is 2.21. The van der Waals surface area contributed by atoms with Crippen molar-refractivity contribution in [2.45, 2.75) is 84.0 Å². The molecule has 3 amide bonds. The zero-order chi connectivity index (χ0) is 24.4. The Balaban J connectivity index is 2.94. The average Bonchev–Trinajstić information content (AvgIpc) is 3.23. The molecule has 1 heterocycles. The molecule has 1 saturated heterocycles. The second kappa shape index (κ2) is 13.7. The van der Waals surface area contributed by atoms with Gasteiger partial charge in [0.2, 0.25) is 17.7 Å². The predicted octanol–water partition coefficient (Wildman–Crippen LogP) is 1.20. The van der Waals surface area contributed by atoms with Crippen LogP contribution in [0.2, 0.25) is 0 Å². The number of carbonyl (C=O) groups excluding carboxylic acids is 3. The number of thioether (sulfide) groups is 1. The van der Waals surface area contributed by atoms with Gasteiger partial charge in [-0.25, -0.2) is 4.79 Å². The van der Waals surface area contributed by atoms with Crippen molar-refractivity contribution in [3.05, 3.63) is 0 Å². The van der Waals surface area contributed by atoms with Gasteiger partial charge in [0.1, 0.15) is 18.1 Å². The number of rotatable bonds is 13. The van der Waals surface area contributed by atoms with Crippen LogP contribution in [0.25, 0.3) is 0 Å². The van der Waals surface area contributed by atoms with E-state index in [0.29, 0.717) is 38.0 Å². The summed E-state index contributed by atoms with van der Waals surface area (Å²) in [5.74, 6) is -1.53. The van der Waals surface area contributed by atoms with Gasteiger partial charge >= 0.3 is 5.97 Å². The quantitative estimate of drug-likeness (QED) is 0.315. The maximum absolute atomic E-state index is 13.4. The molecule has 1 aliphatic heterocycles. The van der Waals surface area contributed by atoms with E-state index in [1.807, 2.05) is 34.0 Å². The Hall–Kier alpha value is -1.81. The number of nitrogens with zero attached hydrogens (tertiary/aromatic N) is 1. The standard InChI is InChI=1S/C22H40N4O5S/c1-6-14(4)18(23)20(28)25-16(12-13(2)3)21(29)26-10-7-8-17(26)19(27)24-15(22(30)31)9-11-32-5/h13-18H,6-12,23H2,1-5H3,(H,24,27)(H,25,28)(H,30,31). The van der Waals surface area contributed by atoms with Crippen LogP contribution >= 0.6 is 11.8 Å². The number of carboxylic acid groups (broad SMARTS) is 1. The second-order valence-electron chi connectivity index (χ2n) is 8.97. The fraction of sp³-hybridized carbons (Fsp3) is 0.818. The number of amides is 3. The van der Waals surface area contributed by atoms with Crippen molar-refractivity contribution < 1.29 is 24.3 Å². The zero-order valence-electron chi connectivity index (χ0n) is 19.9. The minimum absolute atomic E-state index is 0.0237. The summed E-state index contributed by atoms with van der Waals surface area (Å²) < 4.78 is 0. The van der Waals surface area contributed by atoms with E-state index in [0.717, 1.165) is 6.42 Å². The number of carbonyl (C=O) groups is 4. The number of likely N-dealkylation sites (tertiary alicyclic amines) is 1. The summed E-state index contributed by atoms with van der Waals surface area (Å²) in [6, 6.07) is -3.23. The minimum Gasteiger partial charge on any atom is -0.480 e. The van der Waals surface area contributed by atoms with Gasteiger partial charge in [0.25, 0.3) is 0 Å². The van der Waals surface area contributed by atoms with Gasteiger partial charge in [-0.2, -0.15) is 11.8 Å². The molecule has 10 heteroatoms. The van der Waals surface area contributed by atoms with Crippen molar-refractivity contribution >= 4 is 35.5 Å². The molecule has 0 bridgehead atoms. The van der Waals surface area contributed by atoms with Crippen LogP contribution in [0.3, 0.4) is 0 Å². The summed E-state index contributed by atoms with van der Waals surface area (Å²) in [5, 5.41) is 14.8. The van der Waals surface area contributed by atoms with Crippen LogP contribution in [0.5, 0.6) is 0 Å². The van der Waals surface area contributed by atoms with Gasteiger partial charge in [-0.3, -0.25) is 14.4 Å². The molecule has 1 rings (SSSR count). The summed E-state index contributed by atoms with van der Waals surface area (Å²) in [6.45, 7) is 8.14. The molecule has 184 valence electrons. The van der Waals surface area contributed by atoms with Crippen LogP contribution in [0.4, 0.5) is 0 Å². The van der Waals surface area contributed by atoms with E-state index >= 15 is 0 Å². The fourth-order valence-corrected chi connectivity index (χ4v) is 4.21. The topological polar surface area (TPSA) is 142 Å². The molecule has 5 unspecified atom stereocenters. The smallest absolute Gasteiger partial charge is 0.326 e. The first kappa shape index (κ1) is 28.2. The monoisotopic (exact) mass is 472 g/mol. The maximum atomic E-state index is 13.4. The molecule has 0 aliphatic carbocycles. The molecule has 0 aromatic heterocycles. The molecule has 1 aliphatic rings. The average molecular weight is 473 g/mol. The fourth-order valence-electron chi connectivity index (χ4n) is 3.74. The molecule has 0 aromatic rings. The molecule has 0 spiro atoms. The summed E-state index contributed by atoms with van der Waals surface area (Å²) in [7, 11) is 0. The summed E-state index contributed by atoms with van der Waals surface area (Å²) in [5.41, 5.74) is 6.04. The molecule has 32 heavy (non-hydrogen) atoms. The van der Waals surface area contributed by atoms with Crippen LogP contribution < -0.4 is 16.4 Å². The van der Waals surface area contributed by atoms with Crippen LogP contribution in [-0.4, -0.2) is 76.4 Å². The predicted molar refractivity (Wildman–Crippen MR) is 126 cm³/mol. The third-order valence-electron chi connectivity index (χ3n) is 5.95. The maximum Gasteiger partial charge on any atom is 0.326 e. The third kappa shape index (κ3) is 8.27. The molecule has 9 nitrogen and oxygen atoms in total. The van der Waals surface area contributed by atoms with Gasteiger partial charge in [0.05, 0.1) is 6.04 Å². The first-order valence-electron chi connectivity index (χ1n) is 11.4. The van der Waals surface area contributed by atoms with Crippen molar-refractivity contribution in [3.63, 3.8) is 0 Å². The Morgan fingerprint density at radius 3 is 2.34 bits per heavy atom. The van der Waals surface area contributed by atoms with E-state index in [-0.39, 0.29) is 23.7 Å². The van der Waals surface area contributed by atoms with Gasteiger partial charge in [-0.15, -0.1) is 0 Å². The van der Waals surface area contributed by atoms with Crippen molar-refractivity contribution in [3.8, 4) is 0 Å². The third-order valence-corrected chi connectivity index (χ3v) is 6.59. The van der Waals surface area contributed by atoms with Crippen molar-refractivity contribution in [1.82, 2.24) is 15.5 Å². The lowest BCUT2D eigenvalue weighted by molar-refractivity contribution is -0.145. The molecule has 1 fully saturated rings. The molecular formula is C22H40N4O5S. The van der Waals surface area contributed by atoms with Gasteiger partial charge < -0.3 is 26.4 Å². The van der Waals surface area contributed by atoms with Gasteiger partial charge in [0, 0.05) is 6.54 Å². The van der Waals surface area contributed by atoms with E-state index in [1.165, 1.54) is 16.7 Å². The zero-order valence-corrected chi connectivity index (χ0v) is 20.7. The molecule has 5 atom stereocenters. The Labute approximate surface area is 195 Å². The molecule has 0 radical (unpaired) electrons. The largest absolute Gasteiger partial charge is 0.480 e. The number of hydrogen-bond acceptors (Lipinski definition) is 6. The van der Waals surface area contributed by atoms with Crippen molar-refractivity contribution in [2.24, 2.45) is 17.6 Å². The summed E-state index contributed by atoms with van der Waals surface area (Å²) in [6.07, 6.45) is 4.44. The second-order valence-corrected chi connectivity index (χ2v) is 9.96. The Morgan fingerprint density at radius 2 is 1.81 bits per heavy atom. The first-order chi connectivity index (χ1) is 15.0. The number of carboxylic acids is 1. The van der Waals surface area contributed by atoms with Gasteiger partial charge in [0.15, 0.2) is 0 Å². The number of nitrogens with one attached hydrogen (secondary N) is 2. The van der Waals surface area contributed by atoms with Crippen molar-refractivity contribution in [2.75, 3.05) is 18.6 Å². The van der Waals surface area contributed by atoms with E-state index in [1.54, 1.807) is 0 Å². The van der Waals surface area contributed by atoms with E-state index in [9.17, 15) is 24.3 Å². The summed E-state index contributed by atoms with van der Waals surface area (Å²) in [4.78, 5) is 51.8. The SMILES string of the molecule is CCC(C)C(N)C(=O)NC(CC(C)C)C(=O)N1CCCC1C(=O)NC(CCSC)C(=O)O. The lowest BCUT2D eigenvalue weighted by atomic mass is 9.97. The minimum atomic E-state index is -1.09. The Morgan fingerprint density at radius 1 is 1.16 bits per heavy atom. The lowest BCUT2D eigenvalue weighted by Gasteiger charge is -2.31. The highest BCUT2D eigenvalue weighted by Gasteiger charge is 2.39. The van der Waals surface area contributed by atoms with E-state index in [2.05, 4.69) is 10.6 Å². The van der Waals surface area contributed by atoms with Crippen LogP contribution in [0, 0.1) is 11.8 Å². The normalized spacial score (nSPS) is 19.8. The number of aliphatic carboxylic acids is 1. The molecule has 0 saturated carbocycles. The van der Waals surface area contributed by atoms with E-state index < -0.39 is 36.0 Å². The van der Waals surface area contributed by atoms with Crippen LogP contribution in [0.15, 0.2) is 0 Å². The Kier molecular flexibility index (Phi) is 12.1. The van der Waals surface area contributed by atoms with Crippen LogP contribution in [0.1, 0.15) is 59.8 Å². The van der Waals surface area contributed by atoms with Crippen molar-refractivity contribution in [1.29, 1.82) is 0 Å². The highest BCUT2D eigenvalue weighted by atomic mass is 32.2. The van der Waals surface area contributed by atoms with Gasteiger partial charge in [-0.1, -0.05) is 34.1 Å². The molecular weight excluding hydrogens is 432 g/mol. The lowest BCUT2D eigenvalue weighted by Crippen LogP contribution is -2.57. The molecule has 0 aromatic carbocycles. The number of nitrogens with two attached hydrogens (primary N) is 1. The Bertz CT molecular complexity index is 660. The highest BCUT2D eigenvalue weighted by molar-refractivity contribution is 7.98.